The van der Waals surface area contributed by atoms with Gasteiger partial charge in [0.2, 0.25) is 5.91 Å². The summed E-state index contributed by atoms with van der Waals surface area (Å²) in [6, 6.07) is 7.72. The molecule has 0 unspecified atom stereocenters. The first-order valence-electron chi connectivity index (χ1n) is 11.4. The van der Waals surface area contributed by atoms with Gasteiger partial charge in [-0.05, 0) is 63.0 Å². The van der Waals surface area contributed by atoms with Gasteiger partial charge in [-0.3, -0.25) is 14.3 Å². The molecule has 31 heavy (non-hydrogen) atoms. The number of methoxy groups -OCH3 is 1. The third-order valence-electron chi connectivity index (χ3n) is 6.63. The minimum Gasteiger partial charge on any atom is -0.497 e. The maximum absolute atomic E-state index is 12.7. The van der Waals surface area contributed by atoms with E-state index in [1.165, 1.54) is 76.2 Å². The summed E-state index contributed by atoms with van der Waals surface area (Å²) in [6.45, 7) is 3.11. The summed E-state index contributed by atoms with van der Waals surface area (Å²) in [6.07, 6.45) is 11.8. The first-order chi connectivity index (χ1) is 15.2. The molecule has 4 rings (SSSR count). The van der Waals surface area contributed by atoms with Crippen molar-refractivity contribution in [1.82, 2.24) is 25.0 Å². The number of aromatic nitrogens is 3. The van der Waals surface area contributed by atoms with E-state index in [-0.39, 0.29) is 11.4 Å². The van der Waals surface area contributed by atoms with Gasteiger partial charge in [0.1, 0.15) is 12.1 Å². The molecule has 1 N–H and O–H groups in total. The van der Waals surface area contributed by atoms with Crippen molar-refractivity contribution in [1.29, 1.82) is 0 Å². The predicted molar refractivity (Wildman–Crippen MR) is 123 cm³/mol. The average Bonchev–Trinajstić information content (AvgIpc) is 3.31. The standard InChI is InChI=1S/C23H33N5O2S/c1-30-20-10-8-19(9-11-20)28-18-25-26-22(28)31-16-21(29)24-17-23(12-4-2-5-13-23)27-14-6-3-7-15-27/h8-11,18H,2-7,12-17H2,1H3,(H,24,29). The van der Waals surface area contributed by atoms with Crippen molar-refractivity contribution in [2.45, 2.75) is 62.1 Å². The molecule has 1 aliphatic carbocycles. The van der Waals surface area contributed by atoms with Gasteiger partial charge in [-0.2, -0.15) is 0 Å². The van der Waals surface area contributed by atoms with E-state index < -0.39 is 0 Å². The summed E-state index contributed by atoms with van der Waals surface area (Å²) in [5, 5.41) is 12.2. The van der Waals surface area contributed by atoms with Gasteiger partial charge in [0.05, 0.1) is 12.9 Å². The Balaban J connectivity index is 1.33. The lowest BCUT2D eigenvalue weighted by atomic mass is 9.79. The fourth-order valence-corrected chi connectivity index (χ4v) is 5.63. The Morgan fingerprint density at radius 1 is 1.10 bits per heavy atom. The van der Waals surface area contributed by atoms with Crippen LogP contribution in [0.5, 0.6) is 5.75 Å². The largest absolute Gasteiger partial charge is 0.497 e. The molecule has 1 aromatic carbocycles. The Morgan fingerprint density at radius 2 is 1.81 bits per heavy atom. The highest BCUT2D eigenvalue weighted by atomic mass is 32.2. The van der Waals surface area contributed by atoms with Crippen molar-refractivity contribution in [3.63, 3.8) is 0 Å². The second kappa shape index (κ2) is 10.5. The molecule has 8 heteroatoms. The monoisotopic (exact) mass is 443 g/mol. The minimum absolute atomic E-state index is 0.0660. The number of amides is 1. The van der Waals surface area contributed by atoms with Gasteiger partial charge in [0.25, 0.3) is 0 Å². The number of carbonyl (C=O) groups excluding carboxylic acids is 1. The van der Waals surface area contributed by atoms with Crippen LogP contribution < -0.4 is 10.1 Å². The van der Waals surface area contributed by atoms with Crippen LogP contribution in [0.25, 0.3) is 5.69 Å². The van der Waals surface area contributed by atoms with Gasteiger partial charge in [0, 0.05) is 17.8 Å². The fourth-order valence-electron chi connectivity index (χ4n) is 4.87. The van der Waals surface area contributed by atoms with Crippen molar-refractivity contribution in [2.75, 3.05) is 32.5 Å². The highest BCUT2D eigenvalue weighted by molar-refractivity contribution is 7.99. The zero-order valence-electron chi connectivity index (χ0n) is 18.4. The smallest absolute Gasteiger partial charge is 0.230 e. The maximum atomic E-state index is 12.7. The van der Waals surface area contributed by atoms with Crippen LogP contribution in [0.15, 0.2) is 35.7 Å². The summed E-state index contributed by atoms with van der Waals surface area (Å²) in [5.41, 5.74) is 1.10. The van der Waals surface area contributed by atoms with E-state index in [1.54, 1.807) is 13.4 Å². The number of rotatable bonds is 8. The molecule has 1 amide bonds. The highest BCUT2D eigenvalue weighted by Gasteiger charge is 2.38. The third-order valence-corrected chi connectivity index (χ3v) is 7.57. The first kappa shape index (κ1) is 22.1. The molecule has 0 atom stereocenters. The number of benzene rings is 1. The van der Waals surface area contributed by atoms with Crippen molar-refractivity contribution >= 4 is 17.7 Å². The van der Waals surface area contributed by atoms with E-state index >= 15 is 0 Å². The summed E-state index contributed by atoms with van der Waals surface area (Å²) >= 11 is 1.42. The van der Waals surface area contributed by atoms with Gasteiger partial charge in [0.15, 0.2) is 5.16 Å². The van der Waals surface area contributed by atoms with Crippen LogP contribution in [0.3, 0.4) is 0 Å². The molecule has 2 aliphatic rings. The summed E-state index contributed by atoms with van der Waals surface area (Å²) < 4.78 is 7.12. The number of thioether (sulfide) groups is 1. The Morgan fingerprint density at radius 3 is 2.52 bits per heavy atom. The van der Waals surface area contributed by atoms with Crippen molar-refractivity contribution < 1.29 is 9.53 Å². The van der Waals surface area contributed by atoms with Crippen molar-refractivity contribution in [3.05, 3.63) is 30.6 Å². The molecule has 0 spiro atoms. The number of hydrogen-bond donors (Lipinski definition) is 1. The Bertz CT molecular complexity index is 842. The molecule has 0 radical (unpaired) electrons. The Labute approximate surface area is 188 Å². The van der Waals surface area contributed by atoms with Crippen LogP contribution in [-0.4, -0.2) is 63.6 Å². The first-order valence-corrected chi connectivity index (χ1v) is 12.4. The topological polar surface area (TPSA) is 72.3 Å². The maximum Gasteiger partial charge on any atom is 0.230 e. The molecular formula is C23H33N5O2S. The van der Waals surface area contributed by atoms with Crippen LogP contribution in [0.4, 0.5) is 0 Å². The summed E-state index contributed by atoms with van der Waals surface area (Å²) in [7, 11) is 1.65. The summed E-state index contributed by atoms with van der Waals surface area (Å²) in [5.74, 6) is 1.21. The van der Waals surface area contributed by atoms with Crippen LogP contribution in [0, 0.1) is 0 Å². The normalized spacial score (nSPS) is 19.1. The quantitative estimate of drug-likeness (QED) is 0.628. The fraction of sp³-hybridized carbons (Fsp3) is 0.609. The molecular weight excluding hydrogens is 410 g/mol. The van der Waals surface area contributed by atoms with Crippen LogP contribution in [-0.2, 0) is 4.79 Å². The highest BCUT2D eigenvalue weighted by Crippen LogP contribution is 2.35. The molecule has 2 heterocycles. The van der Waals surface area contributed by atoms with Gasteiger partial charge in [-0.1, -0.05) is 37.4 Å². The number of likely N-dealkylation sites (tertiary alicyclic amines) is 1. The molecule has 168 valence electrons. The van der Waals surface area contributed by atoms with Gasteiger partial charge in [-0.15, -0.1) is 10.2 Å². The lowest BCUT2D eigenvalue weighted by Crippen LogP contribution is -2.58. The minimum atomic E-state index is 0.0660. The molecule has 2 aromatic rings. The number of hydrogen-bond acceptors (Lipinski definition) is 6. The molecule has 7 nitrogen and oxygen atoms in total. The van der Waals surface area contributed by atoms with Gasteiger partial charge < -0.3 is 10.1 Å². The van der Waals surface area contributed by atoms with Crippen LogP contribution in [0.1, 0.15) is 51.4 Å². The number of piperidine rings is 1. The number of nitrogens with one attached hydrogen (secondary N) is 1. The molecule has 1 aromatic heterocycles. The van der Waals surface area contributed by atoms with E-state index in [4.69, 9.17) is 4.74 Å². The summed E-state index contributed by atoms with van der Waals surface area (Å²) in [4.78, 5) is 15.4. The average molecular weight is 444 g/mol. The van der Waals surface area contributed by atoms with E-state index in [1.807, 2.05) is 28.8 Å². The zero-order chi connectivity index (χ0) is 21.5. The van der Waals surface area contributed by atoms with Crippen LogP contribution in [0.2, 0.25) is 0 Å². The predicted octanol–water partition coefficient (Wildman–Crippen LogP) is 3.67. The van der Waals surface area contributed by atoms with E-state index in [9.17, 15) is 4.79 Å². The second-order valence-corrected chi connectivity index (χ2v) is 9.52. The SMILES string of the molecule is COc1ccc(-n2cnnc2SCC(=O)NCC2(N3CCCCC3)CCCCC2)cc1. The van der Waals surface area contributed by atoms with E-state index in [0.29, 0.717) is 10.9 Å². The zero-order valence-corrected chi connectivity index (χ0v) is 19.2. The number of carbonyl (C=O) groups is 1. The van der Waals surface area contributed by atoms with Crippen LogP contribution >= 0.6 is 11.8 Å². The van der Waals surface area contributed by atoms with Crippen molar-refractivity contribution in [2.24, 2.45) is 0 Å². The van der Waals surface area contributed by atoms with Crippen molar-refractivity contribution in [3.8, 4) is 11.4 Å². The lowest BCUT2D eigenvalue weighted by Gasteiger charge is -2.48. The Hall–Kier alpha value is -2.06. The lowest BCUT2D eigenvalue weighted by molar-refractivity contribution is -0.119. The molecule has 1 saturated heterocycles. The van der Waals surface area contributed by atoms with E-state index in [2.05, 4.69) is 20.4 Å². The molecule has 2 fully saturated rings. The second-order valence-electron chi connectivity index (χ2n) is 8.58. The van der Waals surface area contributed by atoms with Gasteiger partial charge >= 0.3 is 0 Å². The van der Waals surface area contributed by atoms with E-state index in [0.717, 1.165) is 18.0 Å². The third kappa shape index (κ3) is 5.41. The molecule has 1 aliphatic heterocycles. The number of nitrogens with zero attached hydrogens (tertiary/aromatic N) is 4. The number of ether oxygens (including phenoxy) is 1. The molecule has 0 bridgehead atoms. The molecule has 1 saturated carbocycles. The van der Waals surface area contributed by atoms with Gasteiger partial charge in [-0.25, -0.2) is 0 Å². The Kier molecular flexibility index (Phi) is 7.50.